The molecule has 0 aromatic heterocycles. The van der Waals surface area contributed by atoms with Gasteiger partial charge in [-0.15, -0.1) is 0 Å². The van der Waals surface area contributed by atoms with E-state index in [0.717, 1.165) is 52.1 Å². The van der Waals surface area contributed by atoms with Gasteiger partial charge in [-0.2, -0.15) is 0 Å². The third-order valence-corrected chi connectivity index (χ3v) is 2.07. The van der Waals surface area contributed by atoms with Gasteiger partial charge in [0.1, 0.15) is 0 Å². The zero-order valence-corrected chi connectivity index (χ0v) is 9.23. The molecule has 0 aromatic carbocycles. The quantitative estimate of drug-likeness (QED) is 0.377. The van der Waals surface area contributed by atoms with Crippen molar-refractivity contribution in [3.05, 3.63) is 0 Å². The van der Waals surface area contributed by atoms with E-state index in [9.17, 15) is 0 Å². The molecule has 0 amide bonds. The average molecular weight is 210 g/mol. The van der Waals surface area contributed by atoms with Gasteiger partial charge in [-0.3, -0.25) is 0 Å². The standard InChI is InChI=1S/C10H26N4.4H2/c11-5-3-9-13-7-1-2-8-14-10-4-6-12;;;;/h13-14H,1-12H2;4*1H. The maximum absolute atomic E-state index is 5.38. The summed E-state index contributed by atoms with van der Waals surface area (Å²) < 4.78 is 0. The summed E-state index contributed by atoms with van der Waals surface area (Å²) in [5.41, 5.74) is 10.8. The summed E-state index contributed by atoms with van der Waals surface area (Å²) in [7, 11) is 0. The van der Waals surface area contributed by atoms with Crippen LogP contribution >= 0.6 is 0 Å². The lowest BCUT2D eigenvalue weighted by Gasteiger charge is -2.04. The fraction of sp³-hybridized carbons (Fsp3) is 1.00. The maximum atomic E-state index is 5.38. The number of nitrogens with one attached hydrogen (secondary N) is 2. The minimum absolute atomic E-state index is 0. The molecular formula is C10H34N4. The molecule has 6 N–H and O–H groups in total. The van der Waals surface area contributed by atoms with Gasteiger partial charge in [0.15, 0.2) is 0 Å². The summed E-state index contributed by atoms with van der Waals surface area (Å²) in [6.45, 7) is 5.90. The lowest BCUT2D eigenvalue weighted by Crippen LogP contribution is -2.22. The van der Waals surface area contributed by atoms with E-state index in [2.05, 4.69) is 10.6 Å². The zero-order chi connectivity index (χ0) is 10.5. The Balaban J connectivity index is -0.000000141. The van der Waals surface area contributed by atoms with Crippen molar-refractivity contribution in [2.45, 2.75) is 25.7 Å². The molecule has 0 unspecified atom stereocenters. The van der Waals surface area contributed by atoms with Crippen LogP contribution in [0.15, 0.2) is 0 Å². The van der Waals surface area contributed by atoms with Crippen molar-refractivity contribution < 1.29 is 5.71 Å². The van der Waals surface area contributed by atoms with E-state index in [1.54, 1.807) is 0 Å². The lowest BCUT2D eigenvalue weighted by atomic mass is 10.3. The van der Waals surface area contributed by atoms with Crippen molar-refractivity contribution in [1.82, 2.24) is 10.6 Å². The molecule has 0 heterocycles. The molecule has 0 spiro atoms. The van der Waals surface area contributed by atoms with Gasteiger partial charge in [-0.25, -0.2) is 0 Å². The van der Waals surface area contributed by atoms with E-state index in [4.69, 9.17) is 11.5 Å². The first-order valence-corrected chi connectivity index (χ1v) is 5.73. The fourth-order valence-electron chi connectivity index (χ4n) is 1.20. The lowest BCUT2D eigenvalue weighted by molar-refractivity contribution is 0.570. The molecule has 4 heteroatoms. The van der Waals surface area contributed by atoms with Crippen LogP contribution in [0.5, 0.6) is 0 Å². The third-order valence-electron chi connectivity index (χ3n) is 2.07. The van der Waals surface area contributed by atoms with Crippen LogP contribution in [-0.2, 0) is 0 Å². The highest BCUT2D eigenvalue weighted by Gasteiger charge is 1.89. The van der Waals surface area contributed by atoms with E-state index in [0.29, 0.717) is 0 Å². The highest BCUT2D eigenvalue weighted by atomic mass is 14.9. The van der Waals surface area contributed by atoms with E-state index in [1.807, 2.05) is 0 Å². The Kier molecular flexibility index (Phi) is 12.7. The van der Waals surface area contributed by atoms with Crippen LogP contribution in [0.2, 0.25) is 0 Å². The van der Waals surface area contributed by atoms with Crippen LogP contribution < -0.4 is 22.1 Å². The molecule has 0 saturated heterocycles. The molecule has 0 aliphatic rings. The maximum Gasteiger partial charge on any atom is 0 e. The van der Waals surface area contributed by atoms with Gasteiger partial charge in [0.05, 0.1) is 0 Å². The van der Waals surface area contributed by atoms with E-state index in [1.165, 1.54) is 12.8 Å². The second-order valence-electron chi connectivity index (χ2n) is 3.49. The molecule has 14 heavy (non-hydrogen) atoms. The normalized spacial score (nSPS) is 10.7. The third kappa shape index (κ3) is 11.8. The predicted octanol–water partition coefficient (Wildman–Crippen LogP) is 0.627. The van der Waals surface area contributed by atoms with Crippen LogP contribution in [0.25, 0.3) is 0 Å². The summed E-state index contributed by atoms with van der Waals surface area (Å²) in [6.07, 6.45) is 4.63. The number of hydrogen-bond acceptors (Lipinski definition) is 4. The van der Waals surface area contributed by atoms with Crippen molar-refractivity contribution in [1.29, 1.82) is 0 Å². The van der Waals surface area contributed by atoms with Crippen LogP contribution in [0.3, 0.4) is 0 Å². The van der Waals surface area contributed by atoms with E-state index < -0.39 is 0 Å². The van der Waals surface area contributed by atoms with Crippen LogP contribution in [-0.4, -0.2) is 39.3 Å². The zero-order valence-electron chi connectivity index (χ0n) is 9.23. The summed E-state index contributed by atoms with van der Waals surface area (Å²) in [5.74, 6) is 0. The molecular weight excluding hydrogens is 176 g/mol. The highest BCUT2D eigenvalue weighted by Crippen LogP contribution is 1.84. The Morgan fingerprint density at radius 1 is 0.643 bits per heavy atom. The summed E-state index contributed by atoms with van der Waals surface area (Å²) in [5, 5.41) is 6.72. The van der Waals surface area contributed by atoms with Crippen LogP contribution in [0, 0.1) is 0 Å². The Morgan fingerprint density at radius 3 is 1.36 bits per heavy atom. The van der Waals surface area contributed by atoms with Gasteiger partial charge in [0.25, 0.3) is 0 Å². The Labute approximate surface area is 93.7 Å². The molecule has 0 bridgehead atoms. The molecule has 94 valence electrons. The number of hydrogen-bond donors (Lipinski definition) is 4. The Hall–Kier alpha value is -0.160. The first-order valence-electron chi connectivity index (χ1n) is 5.73. The minimum Gasteiger partial charge on any atom is -0.330 e. The fourth-order valence-corrected chi connectivity index (χ4v) is 1.20. The van der Waals surface area contributed by atoms with Crippen molar-refractivity contribution in [2.75, 3.05) is 39.3 Å². The molecule has 0 fully saturated rings. The van der Waals surface area contributed by atoms with Gasteiger partial charge in [-0.05, 0) is 65.0 Å². The van der Waals surface area contributed by atoms with E-state index in [-0.39, 0.29) is 5.71 Å². The topological polar surface area (TPSA) is 76.1 Å². The van der Waals surface area contributed by atoms with Gasteiger partial charge in [0.2, 0.25) is 0 Å². The molecule has 0 aliphatic heterocycles. The van der Waals surface area contributed by atoms with Crippen molar-refractivity contribution in [3.8, 4) is 0 Å². The average Bonchev–Trinajstić information content (AvgIpc) is 2.21. The second-order valence-corrected chi connectivity index (χ2v) is 3.49. The molecule has 0 aliphatic carbocycles. The molecule has 0 saturated carbocycles. The Morgan fingerprint density at radius 2 is 1.00 bits per heavy atom. The largest absolute Gasteiger partial charge is 0.330 e. The summed E-state index contributed by atoms with van der Waals surface area (Å²) >= 11 is 0. The molecule has 0 aromatic rings. The summed E-state index contributed by atoms with van der Waals surface area (Å²) in [6, 6.07) is 0. The predicted molar refractivity (Wildman–Crippen MR) is 70.8 cm³/mol. The first kappa shape index (κ1) is 13.8. The second kappa shape index (κ2) is 12.8. The van der Waals surface area contributed by atoms with Crippen molar-refractivity contribution in [2.24, 2.45) is 11.5 Å². The minimum atomic E-state index is 0. The van der Waals surface area contributed by atoms with Crippen molar-refractivity contribution >= 4 is 0 Å². The van der Waals surface area contributed by atoms with Gasteiger partial charge in [0, 0.05) is 5.71 Å². The molecule has 4 nitrogen and oxygen atoms in total. The SMILES string of the molecule is NCCCNCCCCNCCCN.[HH].[HH].[HH].[HH]. The van der Waals surface area contributed by atoms with Crippen LogP contribution in [0.1, 0.15) is 31.4 Å². The highest BCUT2D eigenvalue weighted by molar-refractivity contribution is 4.52. The van der Waals surface area contributed by atoms with Gasteiger partial charge < -0.3 is 22.1 Å². The van der Waals surface area contributed by atoms with E-state index >= 15 is 0 Å². The number of rotatable bonds is 11. The van der Waals surface area contributed by atoms with Gasteiger partial charge >= 0.3 is 0 Å². The first-order chi connectivity index (χ1) is 6.91. The Bertz CT molecular complexity index is 99.9. The van der Waals surface area contributed by atoms with Crippen LogP contribution in [0.4, 0.5) is 0 Å². The molecule has 0 rings (SSSR count). The van der Waals surface area contributed by atoms with Crippen molar-refractivity contribution in [3.63, 3.8) is 0 Å². The molecule has 0 atom stereocenters. The molecule has 0 radical (unpaired) electrons. The van der Waals surface area contributed by atoms with Gasteiger partial charge in [-0.1, -0.05) is 0 Å². The number of unbranched alkanes of at least 4 members (excludes halogenated alkanes) is 1. The smallest absolute Gasteiger partial charge is 0 e. The summed E-state index contributed by atoms with van der Waals surface area (Å²) in [4.78, 5) is 0. The monoisotopic (exact) mass is 210 g/mol. The number of nitrogens with two attached hydrogens (primary N) is 2.